The highest BCUT2D eigenvalue weighted by Gasteiger charge is 2.06. The second-order valence-electron chi connectivity index (χ2n) is 3.17. The predicted molar refractivity (Wildman–Crippen MR) is 50.0 cm³/mol. The number of hydrogen-bond acceptors (Lipinski definition) is 3. The Bertz CT molecular complexity index is 273. The molecule has 0 radical (unpaired) electrons. The van der Waals surface area contributed by atoms with Gasteiger partial charge in [-0.05, 0) is 17.9 Å². The van der Waals surface area contributed by atoms with Gasteiger partial charge in [-0.1, -0.05) is 25.4 Å². The van der Waals surface area contributed by atoms with E-state index in [2.05, 4.69) is 24.0 Å². The average Bonchev–Trinajstić information content (AvgIpc) is 1.98. The molecule has 0 aliphatic carbocycles. The highest BCUT2D eigenvalue weighted by atomic mass is 35.5. The first-order valence-corrected chi connectivity index (χ1v) is 4.24. The lowest BCUT2D eigenvalue weighted by molar-refractivity contribution is 0.645. The van der Waals surface area contributed by atoms with Crippen LogP contribution in [0.1, 0.15) is 19.4 Å². The van der Waals surface area contributed by atoms with Gasteiger partial charge in [0.2, 0.25) is 0 Å². The van der Waals surface area contributed by atoms with Crippen LogP contribution in [-0.2, 0) is 6.42 Å². The molecule has 0 atom stereocenters. The van der Waals surface area contributed by atoms with Gasteiger partial charge in [-0.25, -0.2) is 0 Å². The fraction of sp³-hybridized carbons (Fsp3) is 0.500. The van der Waals surface area contributed by atoms with E-state index in [4.69, 9.17) is 17.3 Å². The van der Waals surface area contributed by atoms with Gasteiger partial charge in [0.15, 0.2) is 5.15 Å². The molecule has 1 aromatic rings. The summed E-state index contributed by atoms with van der Waals surface area (Å²) in [5.41, 5.74) is 7.23. The van der Waals surface area contributed by atoms with Crippen LogP contribution in [0.15, 0.2) is 6.20 Å². The number of hydrogen-bond donors (Lipinski definition) is 1. The molecule has 0 aliphatic rings. The van der Waals surface area contributed by atoms with Crippen LogP contribution in [0, 0.1) is 5.92 Å². The minimum atomic E-state index is 0.299. The molecular weight excluding hydrogens is 174 g/mol. The van der Waals surface area contributed by atoms with Crippen molar-refractivity contribution < 1.29 is 0 Å². The number of rotatable bonds is 2. The van der Waals surface area contributed by atoms with Crippen molar-refractivity contribution in [2.75, 3.05) is 5.73 Å². The third-order valence-electron chi connectivity index (χ3n) is 1.56. The van der Waals surface area contributed by atoms with Crippen molar-refractivity contribution >= 4 is 17.3 Å². The summed E-state index contributed by atoms with van der Waals surface area (Å²) in [4.78, 5) is 0. The van der Waals surface area contributed by atoms with Crippen LogP contribution in [0.5, 0.6) is 0 Å². The summed E-state index contributed by atoms with van der Waals surface area (Å²) in [7, 11) is 0. The van der Waals surface area contributed by atoms with E-state index in [9.17, 15) is 0 Å². The second kappa shape index (κ2) is 3.72. The third kappa shape index (κ3) is 2.08. The lowest BCUT2D eigenvalue weighted by Gasteiger charge is -2.07. The van der Waals surface area contributed by atoms with Crippen molar-refractivity contribution in [1.29, 1.82) is 0 Å². The maximum atomic E-state index is 5.70. The van der Waals surface area contributed by atoms with Gasteiger partial charge >= 0.3 is 0 Å². The number of anilines is 1. The third-order valence-corrected chi connectivity index (χ3v) is 1.83. The summed E-state index contributed by atoms with van der Waals surface area (Å²) in [5, 5.41) is 7.67. The zero-order valence-electron chi connectivity index (χ0n) is 7.21. The molecule has 0 saturated heterocycles. The van der Waals surface area contributed by atoms with Gasteiger partial charge in [0, 0.05) is 0 Å². The van der Waals surface area contributed by atoms with E-state index in [1.54, 1.807) is 6.20 Å². The standard InChI is InChI=1S/C8H12ClN3/c1-5(2)3-6-4-11-12-8(9)7(6)10/h4-5H,3H2,1-2H3,(H2,10,11). The Balaban J connectivity index is 2.92. The highest BCUT2D eigenvalue weighted by Crippen LogP contribution is 2.20. The molecule has 0 bridgehead atoms. The molecule has 4 heteroatoms. The summed E-state index contributed by atoms with van der Waals surface area (Å²) in [6.45, 7) is 4.24. The summed E-state index contributed by atoms with van der Waals surface area (Å²) in [6.07, 6.45) is 2.56. The van der Waals surface area contributed by atoms with Crippen LogP contribution in [0.3, 0.4) is 0 Å². The summed E-state index contributed by atoms with van der Waals surface area (Å²) in [5.74, 6) is 0.549. The van der Waals surface area contributed by atoms with Crippen LogP contribution in [0.25, 0.3) is 0 Å². The van der Waals surface area contributed by atoms with E-state index in [1.165, 1.54) is 0 Å². The molecule has 0 aromatic carbocycles. The van der Waals surface area contributed by atoms with Gasteiger partial charge < -0.3 is 5.73 Å². The Hall–Kier alpha value is -0.830. The number of nitrogens with two attached hydrogens (primary N) is 1. The van der Waals surface area contributed by atoms with Crippen LogP contribution < -0.4 is 5.73 Å². The van der Waals surface area contributed by atoms with Gasteiger partial charge in [-0.15, -0.1) is 5.10 Å². The number of halogens is 1. The smallest absolute Gasteiger partial charge is 0.174 e. The van der Waals surface area contributed by atoms with Crippen LogP contribution in [0.4, 0.5) is 5.69 Å². The van der Waals surface area contributed by atoms with Crippen molar-refractivity contribution in [2.24, 2.45) is 5.92 Å². The monoisotopic (exact) mass is 185 g/mol. The normalized spacial score (nSPS) is 10.7. The van der Waals surface area contributed by atoms with E-state index < -0.39 is 0 Å². The molecule has 0 unspecified atom stereocenters. The molecule has 0 aliphatic heterocycles. The first-order chi connectivity index (χ1) is 5.61. The van der Waals surface area contributed by atoms with Crippen molar-refractivity contribution in [2.45, 2.75) is 20.3 Å². The number of aromatic nitrogens is 2. The van der Waals surface area contributed by atoms with Crippen molar-refractivity contribution in [3.05, 3.63) is 16.9 Å². The minimum absolute atomic E-state index is 0.299. The largest absolute Gasteiger partial charge is 0.396 e. The SMILES string of the molecule is CC(C)Cc1cnnc(Cl)c1N. The molecular formula is C8H12ClN3. The molecule has 0 fully saturated rings. The fourth-order valence-corrected chi connectivity index (χ4v) is 1.17. The van der Waals surface area contributed by atoms with Gasteiger partial charge in [0.05, 0.1) is 11.9 Å². The van der Waals surface area contributed by atoms with Crippen LogP contribution >= 0.6 is 11.6 Å². The number of nitrogen functional groups attached to an aromatic ring is 1. The van der Waals surface area contributed by atoms with E-state index >= 15 is 0 Å². The quantitative estimate of drug-likeness (QED) is 0.766. The van der Waals surface area contributed by atoms with Crippen molar-refractivity contribution in [3.8, 4) is 0 Å². The maximum Gasteiger partial charge on any atom is 0.174 e. The van der Waals surface area contributed by atoms with Crippen molar-refractivity contribution in [1.82, 2.24) is 10.2 Å². The first kappa shape index (κ1) is 9.26. The molecule has 0 saturated carbocycles. The van der Waals surface area contributed by atoms with Crippen molar-refractivity contribution in [3.63, 3.8) is 0 Å². The molecule has 12 heavy (non-hydrogen) atoms. The first-order valence-electron chi connectivity index (χ1n) is 3.86. The van der Waals surface area contributed by atoms with Gasteiger partial charge in [-0.2, -0.15) is 5.10 Å². The molecule has 0 spiro atoms. The van der Waals surface area contributed by atoms with Gasteiger partial charge in [-0.3, -0.25) is 0 Å². The lowest BCUT2D eigenvalue weighted by Crippen LogP contribution is -2.02. The average molecular weight is 186 g/mol. The molecule has 1 heterocycles. The zero-order valence-corrected chi connectivity index (χ0v) is 7.97. The summed E-state index contributed by atoms with van der Waals surface area (Å²) >= 11 is 5.70. The Morgan fingerprint density at radius 3 is 2.83 bits per heavy atom. The second-order valence-corrected chi connectivity index (χ2v) is 3.53. The van der Waals surface area contributed by atoms with Gasteiger partial charge in [0.25, 0.3) is 0 Å². The van der Waals surface area contributed by atoms with Crippen LogP contribution in [-0.4, -0.2) is 10.2 Å². The molecule has 1 aromatic heterocycles. The Labute approximate surface area is 76.9 Å². The van der Waals surface area contributed by atoms with Crippen LogP contribution in [0.2, 0.25) is 5.15 Å². The number of nitrogens with zero attached hydrogens (tertiary/aromatic N) is 2. The maximum absolute atomic E-state index is 5.70. The lowest BCUT2D eigenvalue weighted by atomic mass is 10.0. The Morgan fingerprint density at radius 2 is 2.25 bits per heavy atom. The Kier molecular flexibility index (Phi) is 2.87. The molecule has 1 rings (SSSR count). The molecule has 3 nitrogen and oxygen atoms in total. The minimum Gasteiger partial charge on any atom is -0.396 e. The Morgan fingerprint density at radius 1 is 1.58 bits per heavy atom. The zero-order chi connectivity index (χ0) is 9.14. The summed E-state index contributed by atoms with van der Waals surface area (Å²) < 4.78 is 0. The molecule has 2 N–H and O–H groups in total. The van der Waals surface area contributed by atoms with Gasteiger partial charge in [0.1, 0.15) is 0 Å². The predicted octanol–water partition coefficient (Wildman–Crippen LogP) is 1.91. The van der Waals surface area contributed by atoms with E-state index in [1.807, 2.05) is 0 Å². The highest BCUT2D eigenvalue weighted by molar-refractivity contribution is 6.31. The fourth-order valence-electron chi connectivity index (χ4n) is 1.01. The molecule has 66 valence electrons. The topological polar surface area (TPSA) is 51.8 Å². The van der Waals surface area contributed by atoms with E-state index in [0.29, 0.717) is 16.8 Å². The van der Waals surface area contributed by atoms with E-state index in [-0.39, 0.29) is 0 Å². The summed E-state index contributed by atoms with van der Waals surface area (Å²) in [6, 6.07) is 0. The van der Waals surface area contributed by atoms with E-state index in [0.717, 1.165) is 12.0 Å². The molecule has 0 amide bonds.